The van der Waals surface area contributed by atoms with Gasteiger partial charge in [-0.25, -0.2) is 0 Å². The van der Waals surface area contributed by atoms with Crippen LogP contribution >= 0.6 is 23.2 Å². The Morgan fingerprint density at radius 2 is 0.889 bits per heavy atom. The van der Waals surface area contributed by atoms with Crippen LogP contribution in [0.3, 0.4) is 0 Å². The molecule has 1 aromatic carbocycles. The van der Waals surface area contributed by atoms with Crippen LogP contribution in [0, 0.1) is 32.5 Å². The van der Waals surface area contributed by atoms with Crippen molar-refractivity contribution in [1.29, 1.82) is 0 Å². The number of rotatable bonds is 13. The smallest absolute Gasteiger partial charge is 0.0396 e. The highest BCUT2D eigenvalue weighted by Gasteiger charge is 2.64. The quantitative estimate of drug-likeness (QED) is 0.184. The highest BCUT2D eigenvalue weighted by molar-refractivity contribution is 6.23. The van der Waals surface area contributed by atoms with Gasteiger partial charge in [0.05, 0.1) is 0 Å². The van der Waals surface area contributed by atoms with Gasteiger partial charge in [0.25, 0.3) is 0 Å². The van der Waals surface area contributed by atoms with Crippen LogP contribution < -0.4 is 0 Å². The second-order valence-electron chi connectivity index (χ2n) is 22.3. The molecule has 0 aromatic heterocycles. The molecule has 45 heavy (non-hydrogen) atoms. The normalized spacial score (nSPS) is 23.0. The molecule has 2 unspecified atom stereocenters. The summed E-state index contributed by atoms with van der Waals surface area (Å²) in [4.78, 5) is -0.417. The Balaban J connectivity index is 2.59. The zero-order valence-electron chi connectivity index (χ0n) is 34.0. The SMILES string of the molecule is CC(C)(Cl)CC(C)(C)C(C)(C)CC(C)(C)C(C)(C)c1cc(C(C)(C)C)cc(C2(C)CC2(C)CC(C)(C)C(C)(C)CC(C)(C)Cl)c1. The van der Waals surface area contributed by atoms with Crippen molar-refractivity contribution in [2.24, 2.45) is 32.5 Å². The zero-order chi connectivity index (χ0) is 35.9. The third kappa shape index (κ3) is 8.70. The first-order valence-electron chi connectivity index (χ1n) is 17.9. The van der Waals surface area contributed by atoms with Crippen LogP contribution in [-0.2, 0) is 16.2 Å². The van der Waals surface area contributed by atoms with Crippen molar-refractivity contribution in [1.82, 2.24) is 0 Å². The van der Waals surface area contributed by atoms with Gasteiger partial charge in [-0.05, 0) is 125 Å². The van der Waals surface area contributed by atoms with E-state index in [0.717, 1.165) is 19.3 Å². The fourth-order valence-corrected chi connectivity index (χ4v) is 9.60. The number of hydrogen-bond donors (Lipinski definition) is 0. The van der Waals surface area contributed by atoms with Crippen LogP contribution in [0.5, 0.6) is 0 Å². The minimum atomic E-state index is -0.216. The molecule has 0 amide bonds. The average molecular weight is 664 g/mol. The summed E-state index contributed by atoms with van der Waals surface area (Å²) in [5.41, 5.74) is 5.50. The lowest BCUT2D eigenvalue weighted by Gasteiger charge is -2.52. The molecule has 0 nitrogen and oxygen atoms in total. The van der Waals surface area contributed by atoms with Gasteiger partial charge in [-0.2, -0.15) is 0 Å². The van der Waals surface area contributed by atoms with Gasteiger partial charge in [0, 0.05) is 9.75 Å². The van der Waals surface area contributed by atoms with Crippen molar-refractivity contribution in [3.05, 3.63) is 34.9 Å². The summed E-state index contributed by atoms with van der Waals surface area (Å²) in [7, 11) is 0. The minimum absolute atomic E-state index is 0.0261. The summed E-state index contributed by atoms with van der Waals surface area (Å²) < 4.78 is 0. The van der Waals surface area contributed by atoms with E-state index < -0.39 is 0 Å². The van der Waals surface area contributed by atoms with E-state index in [-0.39, 0.29) is 58.5 Å². The first kappa shape index (κ1) is 41.0. The molecule has 0 bridgehead atoms. The first-order chi connectivity index (χ1) is 19.4. The van der Waals surface area contributed by atoms with Crippen molar-refractivity contribution in [3.63, 3.8) is 0 Å². The van der Waals surface area contributed by atoms with Crippen LogP contribution in [-0.4, -0.2) is 9.75 Å². The maximum Gasteiger partial charge on any atom is 0.0396 e. The molecule has 1 fully saturated rings. The Hall–Kier alpha value is -0.200. The lowest BCUT2D eigenvalue weighted by molar-refractivity contribution is 0.0123. The molecule has 1 aliphatic rings. The second kappa shape index (κ2) is 11.7. The Morgan fingerprint density at radius 1 is 0.511 bits per heavy atom. The Labute approximate surface area is 293 Å². The topological polar surface area (TPSA) is 0 Å². The lowest BCUT2D eigenvalue weighted by Crippen LogP contribution is -2.45. The van der Waals surface area contributed by atoms with Gasteiger partial charge in [0.2, 0.25) is 0 Å². The van der Waals surface area contributed by atoms with Gasteiger partial charge in [-0.15, -0.1) is 23.2 Å². The third-order valence-electron chi connectivity index (χ3n) is 13.9. The van der Waals surface area contributed by atoms with Crippen LogP contribution in [0.4, 0.5) is 0 Å². The average Bonchev–Trinajstić information content (AvgIpc) is 3.28. The van der Waals surface area contributed by atoms with Crippen LogP contribution in [0.15, 0.2) is 18.2 Å². The van der Waals surface area contributed by atoms with E-state index in [0.29, 0.717) is 0 Å². The van der Waals surface area contributed by atoms with Gasteiger partial charge in [0.1, 0.15) is 0 Å². The van der Waals surface area contributed by atoms with Crippen molar-refractivity contribution in [2.75, 3.05) is 0 Å². The van der Waals surface area contributed by atoms with Gasteiger partial charge in [0.15, 0.2) is 0 Å². The molecular weight excluding hydrogens is 587 g/mol. The molecule has 0 radical (unpaired) electrons. The fourth-order valence-electron chi connectivity index (χ4n) is 8.94. The van der Waals surface area contributed by atoms with Crippen molar-refractivity contribution in [3.8, 4) is 0 Å². The molecule has 0 saturated heterocycles. The van der Waals surface area contributed by atoms with Gasteiger partial charge < -0.3 is 0 Å². The number of benzene rings is 1. The molecule has 0 N–H and O–H groups in total. The molecule has 0 heterocycles. The predicted octanol–water partition coefficient (Wildman–Crippen LogP) is 14.7. The molecule has 0 spiro atoms. The summed E-state index contributed by atoms with van der Waals surface area (Å²) in [5.74, 6) is 0. The van der Waals surface area contributed by atoms with Crippen LogP contribution in [0.25, 0.3) is 0 Å². The first-order valence-corrected chi connectivity index (χ1v) is 18.7. The Bertz CT molecular complexity index is 1200. The van der Waals surface area contributed by atoms with Gasteiger partial charge in [-0.3, -0.25) is 0 Å². The zero-order valence-corrected chi connectivity index (χ0v) is 35.5. The molecule has 1 aromatic rings. The maximum atomic E-state index is 6.82. The largest absolute Gasteiger partial charge is 0.120 e. The molecule has 1 aliphatic carbocycles. The molecule has 2 rings (SSSR count). The molecular formula is C43H76Cl2. The molecule has 1 saturated carbocycles. The van der Waals surface area contributed by atoms with E-state index in [2.05, 4.69) is 164 Å². The van der Waals surface area contributed by atoms with Crippen molar-refractivity contribution in [2.45, 2.75) is 203 Å². The molecule has 0 aliphatic heterocycles. The summed E-state index contributed by atoms with van der Waals surface area (Å²) in [6, 6.07) is 7.72. The summed E-state index contributed by atoms with van der Waals surface area (Å²) in [6.07, 6.45) is 5.54. The second-order valence-corrected chi connectivity index (χ2v) is 24.4. The summed E-state index contributed by atoms with van der Waals surface area (Å²) >= 11 is 13.6. The van der Waals surface area contributed by atoms with E-state index in [9.17, 15) is 0 Å². The van der Waals surface area contributed by atoms with Gasteiger partial charge >= 0.3 is 0 Å². The van der Waals surface area contributed by atoms with Crippen LogP contribution in [0.2, 0.25) is 0 Å². The summed E-state index contributed by atoms with van der Waals surface area (Å²) in [6.45, 7) is 50.5. The molecule has 2 atom stereocenters. The van der Waals surface area contributed by atoms with Crippen molar-refractivity contribution < 1.29 is 0 Å². The highest BCUT2D eigenvalue weighted by Crippen LogP contribution is 2.70. The van der Waals surface area contributed by atoms with Crippen LogP contribution in [0.1, 0.15) is 194 Å². The third-order valence-corrected chi connectivity index (χ3v) is 14.2. The lowest BCUT2D eigenvalue weighted by atomic mass is 9.53. The molecule has 262 valence electrons. The molecule has 2 heteroatoms. The van der Waals surface area contributed by atoms with Gasteiger partial charge in [-0.1, -0.05) is 136 Å². The minimum Gasteiger partial charge on any atom is -0.120 e. The standard InChI is InChI=1S/C43H76Cl2/c1-33(2,3)30-22-31(41(18,19)38(12,13)25-34(4,5)35(6,7)26-39(14,15)44)24-32(23-30)43(21)29-42(43,20)28-37(10,11)36(8,9)27-40(16,17)45/h22-24H,25-29H2,1-21H3. The summed E-state index contributed by atoms with van der Waals surface area (Å²) in [5, 5.41) is 0. The Morgan fingerprint density at radius 3 is 1.29 bits per heavy atom. The van der Waals surface area contributed by atoms with Crippen molar-refractivity contribution >= 4 is 23.2 Å². The number of alkyl halides is 2. The number of halogens is 2. The van der Waals surface area contributed by atoms with E-state index >= 15 is 0 Å². The van der Waals surface area contributed by atoms with E-state index in [1.807, 2.05) is 0 Å². The van der Waals surface area contributed by atoms with E-state index in [1.165, 1.54) is 29.5 Å². The fraction of sp³-hybridized carbons (Fsp3) is 0.860. The van der Waals surface area contributed by atoms with E-state index in [1.54, 1.807) is 0 Å². The van der Waals surface area contributed by atoms with E-state index in [4.69, 9.17) is 23.2 Å². The highest BCUT2D eigenvalue weighted by atomic mass is 35.5. The monoisotopic (exact) mass is 663 g/mol. The predicted molar refractivity (Wildman–Crippen MR) is 205 cm³/mol. The maximum absolute atomic E-state index is 6.82. The number of hydrogen-bond acceptors (Lipinski definition) is 0. The Kier molecular flexibility index (Phi) is 10.7.